The molecule has 4 nitrogen and oxygen atoms in total. The molecule has 1 amide bonds. The van der Waals surface area contributed by atoms with Gasteiger partial charge in [-0.15, -0.1) is 0 Å². The van der Waals surface area contributed by atoms with E-state index in [4.69, 9.17) is 0 Å². The van der Waals surface area contributed by atoms with Gasteiger partial charge < -0.3 is 5.32 Å². The molecule has 0 fully saturated rings. The summed E-state index contributed by atoms with van der Waals surface area (Å²) in [6.07, 6.45) is 0. The molecule has 4 aromatic rings. The van der Waals surface area contributed by atoms with Gasteiger partial charge >= 0.3 is 0 Å². The number of rotatable bonds is 3. The molecule has 26 heavy (non-hydrogen) atoms. The zero-order valence-corrected chi connectivity index (χ0v) is 14.7. The highest BCUT2D eigenvalue weighted by molar-refractivity contribution is 6.11. The van der Waals surface area contributed by atoms with Crippen molar-refractivity contribution in [2.75, 3.05) is 5.32 Å². The number of amides is 1. The van der Waals surface area contributed by atoms with Crippen molar-refractivity contribution in [3.63, 3.8) is 0 Å². The lowest BCUT2D eigenvalue weighted by molar-refractivity contribution is 0.102. The Morgan fingerprint density at radius 1 is 0.885 bits per heavy atom. The molecule has 0 atom stereocenters. The molecule has 0 spiro atoms. The molecule has 0 unspecified atom stereocenters. The summed E-state index contributed by atoms with van der Waals surface area (Å²) in [6.45, 7) is 4.02. The normalized spacial score (nSPS) is 10.8. The fourth-order valence-electron chi connectivity index (χ4n) is 3.01. The van der Waals surface area contributed by atoms with Crippen LogP contribution in [0.5, 0.6) is 0 Å². The number of nitrogens with zero attached hydrogens (tertiary/aromatic N) is 2. The maximum absolute atomic E-state index is 12.9. The van der Waals surface area contributed by atoms with E-state index in [-0.39, 0.29) is 5.91 Å². The Labute approximate surface area is 152 Å². The number of benzene rings is 3. The van der Waals surface area contributed by atoms with Gasteiger partial charge in [0.1, 0.15) is 0 Å². The summed E-state index contributed by atoms with van der Waals surface area (Å²) in [6, 6.07) is 23.6. The first-order chi connectivity index (χ1) is 12.6. The average Bonchev–Trinajstić information content (AvgIpc) is 3.04. The van der Waals surface area contributed by atoms with Gasteiger partial charge in [-0.25, -0.2) is 4.68 Å². The number of aryl methyl sites for hydroxylation is 2. The molecule has 0 saturated carbocycles. The summed E-state index contributed by atoms with van der Waals surface area (Å²) in [5, 5.41) is 8.43. The van der Waals surface area contributed by atoms with Gasteiger partial charge in [-0.3, -0.25) is 4.79 Å². The van der Waals surface area contributed by atoms with E-state index >= 15 is 0 Å². The maximum Gasteiger partial charge on any atom is 0.276 e. The molecule has 1 N–H and O–H groups in total. The Bertz CT molecular complexity index is 1090. The monoisotopic (exact) mass is 341 g/mol. The van der Waals surface area contributed by atoms with Crippen molar-refractivity contribution in [3.05, 3.63) is 89.6 Å². The van der Waals surface area contributed by atoms with Gasteiger partial charge in [0.25, 0.3) is 5.91 Å². The van der Waals surface area contributed by atoms with Crippen LogP contribution in [0.3, 0.4) is 0 Å². The van der Waals surface area contributed by atoms with E-state index < -0.39 is 0 Å². The number of fused-ring (bicyclic) bond motifs is 1. The third-order valence-corrected chi connectivity index (χ3v) is 4.47. The van der Waals surface area contributed by atoms with Gasteiger partial charge in [0.05, 0.1) is 11.2 Å². The van der Waals surface area contributed by atoms with E-state index in [0.717, 1.165) is 27.8 Å². The standard InChI is InChI=1S/C22H19N3O/c1-15-11-13-17(14-12-15)25-20-10-6-4-8-18(20)21(24-25)22(26)23-19-9-5-3-7-16(19)2/h3-14H,1-2H3,(H,23,26). The molecule has 0 bridgehead atoms. The summed E-state index contributed by atoms with van der Waals surface area (Å²) in [7, 11) is 0. The van der Waals surface area contributed by atoms with Crippen LogP contribution in [-0.4, -0.2) is 15.7 Å². The number of hydrogen-bond acceptors (Lipinski definition) is 2. The van der Waals surface area contributed by atoms with Crippen LogP contribution in [0.2, 0.25) is 0 Å². The molecule has 0 aliphatic carbocycles. The van der Waals surface area contributed by atoms with Gasteiger partial charge in [-0.05, 0) is 43.7 Å². The first-order valence-corrected chi connectivity index (χ1v) is 8.55. The first kappa shape index (κ1) is 16.1. The van der Waals surface area contributed by atoms with Crippen molar-refractivity contribution in [2.24, 2.45) is 0 Å². The van der Waals surface area contributed by atoms with Crippen molar-refractivity contribution in [1.29, 1.82) is 0 Å². The van der Waals surface area contributed by atoms with Crippen molar-refractivity contribution in [3.8, 4) is 5.69 Å². The Balaban J connectivity index is 1.79. The summed E-state index contributed by atoms with van der Waals surface area (Å²) in [4.78, 5) is 12.9. The fraction of sp³-hybridized carbons (Fsp3) is 0.0909. The zero-order chi connectivity index (χ0) is 18.1. The van der Waals surface area contributed by atoms with Crippen LogP contribution in [0.4, 0.5) is 5.69 Å². The predicted molar refractivity (Wildman–Crippen MR) is 105 cm³/mol. The van der Waals surface area contributed by atoms with E-state index in [0.29, 0.717) is 5.69 Å². The fourth-order valence-corrected chi connectivity index (χ4v) is 3.01. The van der Waals surface area contributed by atoms with Crippen molar-refractivity contribution < 1.29 is 4.79 Å². The highest BCUT2D eigenvalue weighted by Gasteiger charge is 2.18. The van der Waals surface area contributed by atoms with Gasteiger partial charge in [0.2, 0.25) is 0 Å². The van der Waals surface area contributed by atoms with Crippen LogP contribution in [0, 0.1) is 13.8 Å². The number of carbonyl (C=O) groups excluding carboxylic acids is 1. The second-order valence-corrected chi connectivity index (χ2v) is 6.38. The Hall–Kier alpha value is -3.40. The summed E-state index contributed by atoms with van der Waals surface area (Å²) < 4.78 is 1.82. The second kappa shape index (κ2) is 6.48. The minimum atomic E-state index is -0.207. The summed E-state index contributed by atoms with van der Waals surface area (Å²) in [5.41, 5.74) is 5.26. The average molecular weight is 341 g/mol. The lowest BCUT2D eigenvalue weighted by Gasteiger charge is -2.06. The lowest BCUT2D eigenvalue weighted by atomic mass is 10.1. The Morgan fingerprint density at radius 3 is 2.35 bits per heavy atom. The minimum absolute atomic E-state index is 0.207. The van der Waals surface area contributed by atoms with Gasteiger partial charge in [-0.1, -0.05) is 54.1 Å². The SMILES string of the molecule is Cc1ccc(-n2nc(C(=O)Nc3ccccc3C)c3ccccc32)cc1. The number of para-hydroxylation sites is 2. The minimum Gasteiger partial charge on any atom is -0.320 e. The van der Waals surface area contributed by atoms with E-state index in [2.05, 4.69) is 10.4 Å². The number of nitrogens with one attached hydrogen (secondary N) is 1. The van der Waals surface area contributed by atoms with E-state index in [1.807, 2.05) is 91.3 Å². The molecule has 1 aromatic heterocycles. The molecule has 3 aromatic carbocycles. The molecule has 4 rings (SSSR count). The molecular weight excluding hydrogens is 322 g/mol. The van der Waals surface area contributed by atoms with Crippen molar-refractivity contribution in [2.45, 2.75) is 13.8 Å². The third-order valence-electron chi connectivity index (χ3n) is 4.47. The zero-order valence-electron chi connectivity index (χ0n) is 14.7. The van der Waals surface area contributed by atoms with Crippen LogP contribution < -0.4 is 5.32 Å². The van der Waals surface area contributed by atoms with E-state index in [1.165, 1.54) is 5.56 Å². The molecule has 0 aliphatic rings. The van der Waals surface area contributed by atoms with Gasteiger partial charge in [-0.2, -0.15) is 5.10 Å². The summed E-state index contributed by atoms with van der Waals surface area (Å²) in [5.74, 6) is -0.207. The van der Waals surface area contributed by atoms with Crippen LogP contribution in [0.15, 0.2) is 72.8 Å². The topological polar surface area (TPSA) is 46.9 Å². The smallest absolute Gasteiger partial charge is 0.276 e. The molecule has 1 heterocycles. The first-order valence-electron chi connectivity index (χ1n) is 8.55. The number of anilines is 1. The highest BCUT2D eigenvalue weighted by Crippen LogP contribution is 2.24. The van der Waals surface area contributed by atoms with Gasteiger partial charge in [0, 0.05) is 11.1 Å². The largest absolute Gasteiger partial charge is 0.320 e. The van der Waals surface area contributed by atoms with Crippen LogP contribution in [0.1, 0.15) is 21.6 Å². The van der Waals surface area contributed by atoms with Crippen LogP contribution in [-0.2, 0) is 0 Å². The second-order valence-electron chi connectivity index (χ2n) is 6.38. The van der Waals surface area contributed by atoms with Crippen LogP contribution >= 0.6 is 0 Å². The lowest BCUT2D eigenvalue weighted by Crippen LogP contribution is -2.14. The van der Waals surface area contributed by atoms with E-state index in [9.17, 15) is 4.79 Å². The molecule has 0 aliphatic heterocycles. The summed E-state index contributed by atoms with van der Waals surface area (Å²) >= 11 is 0. The number of hydrogen-bond donors (Lipinski definition) is 1. The molecule has 4 heteroatoms. The quantitative estimate of drug-likeness (QED) is 0.576. The highest BCUT2D eigenvalue weighted by atomic mass is 16.2. The molecule has 0 saturated heterocycles. The number of aromatic nitrogens is 2. The Kier molecular flexibility index (Phi) is 4.01. The maximum atomic E-state index is 12.9. The number of carbonyl (C=O) groups is 1. The Morgan fingerprint density at radius 2 is 1.58 bits per heavy atom. The molecular formula is C22H19N3O. The van der Waals surface area contributed by atoms with Crippen molar-refractivity contribution >= 4 is 22.5 Å². The molecule has 0 radical (unpaired) electrons. The third kappa shape index (κ3) is 2.86. The molecule has 128 valence electrons. The van der Waals surface area contributed by atoms with Gasteiger partial charge in [0.15, 0.2) is 5.69 Å². The van der Waals surface area contributed by atoms with E-state index in [1.54, 1.807) is 0 Å². The van der Waals surface area contributed by atoms with Crippen molar-refractivity contribution in [1.82, 2.24) is 9.78 Å². The predicted octanol–water partition coefficient (Wildman–Crippen LogP) is 4.89. The van der Waals surface area contributed by atoms with Crippen LogP contribution in [0.25, 0.3) is 16.6 Å².